The zero-order valence-electron chi connectivity index (χ0n) is 42.0. The molecular formula is C50H67N17O8. The molecule has 0 fully saturated rings. The quantitative estimate of drug-likeness (QED) is 0.0293. The van der Waals surface area contributed by atoms with Gasteiger partial charge in [0.15, 0.2) is 5.96 Å². The summed E-state index contributed by atoms with van der Waals surface area (Å²) in [6.45, 7) is 3.30. The van der Waals surface area contributed by atoms with Gasteiger partial charge in [0, 0.05) is 74.5 Å². The predicted octanol–water partition coefficient (Wildman–Crippen LogP) is -1.31. The molecule has 1 aliphatic rings. The molecular weight excluding hydrogens is 967 g/mol. The average molecular weight is 1030 g/mol. The lowest BCUT2D eigenvalue weighted by molar-refractivity contribution is -0.135. The zero-order chi connectivity index (χ0) is 53.9. The summed E-state index contributed by atoms with van der Waals surface area (Å²) in [7, 11) is 0. The van der Waals surface area contributed by atoms with E-state index in [1.807, 2.05) is 31.2 Å². The van der Waals surface area contributed by atoms with Crippen molar-refractivity contribution in [2.45, 2.75) is 133 Å². The van der Waals surface area contributed by atoms with Crippen LogP contribution < -0.4 is 54.4 Å². The fourth-order valence-electron chi connectivity index (χ4n) is 8.61. The number of guanidine groups is 1. The number of H-pyrrole nitrogens is 2. The van der Waals surface area contributed by atoms with E-state index in [1.165, 1.54) is 24.1 Å². The lowest BCUT2D eigenvalue weighted by atomic mass is 10.0. The van der Waals surface area contributed by atoms with Crippen LogP contribution in [0.1, 0.15) is 81.3 Å². The van der Waals surface area contributed by atoms with Crippen molar-refractivity contribution in [3.8, 4) is 0 Å². The Labute approximate surface area is 432 Å². The summed E-state index contributed by atoms with van der Waals surface area (Å²) in [6, 6.07) is 7.21. The van der Waals surface area contributed by atoms with Crippen molar-refractivity contribution in [1.29, 1.82) is 0 Å². The van der Waals surface area contributed by atoms with E-state index >= 15 is 0 Å². The van der Waals surface area contributed by atoms with Crippen LogP contribution in [0.4, 0.5) is 0 Å². The van der Waals surface area contributed by atoms with E-state index in [1.54, 1.807) is 42.7 Å². The van der Waals surface area contributed by atoms with Gasteiger partial charge in [-0.2, -0.15) is 0 Å². The summed E-state index contributed by atoms with van der Waals surface area (Å²) in [6.07, 6.45) is 7.61. The molecule has 3 aromatic heterocycles. The molecule has 0 radical (unpaired) electrons. The van der Waals surface area contributed by atoms with Gasteiger partial charge in [0.2, 0.25) is 47.3 Å². The number of nitrogens with zero attached hydrogens (tertiary/aromatic N) is 5. The van der Waals surface area contributed by atoms with Crippen molar-refractivity contribution in [2.24, 2.45) is 22.2 Å². The van der Waals surface area contributed by atoms with Crippen LogP contribution in [0.25, 0.3) is 10.9 Å². The van der Waals surface area contributed by atoms with Gasteiger partial charge in [-0.3, -0.25) is 48.0 Å². The largest absolute Gasteiger partial charge is 0.370 e. The van der Waals surface area contributed by atoms with Crippen molar-refractivity contribution in [3.63, 3.8) is 0 Å². The highest BCUT2D eigenvalue weighted by Gasteiger charge is 2.35. The SMILES string of the molecule is CCCC[C@H](NC(C)=O)C(=O)N[C@H]1CCn2cc(nn2)CC[C@@H](C(N)=O)NC(=O)[C@H](Cc2c[nH]c3ccccc23)NC(=O)[C@H](CCCN=C(N)N)NC(=O)[C@@H](Cc2ccccc2)NC(=O)[C@H](Cc2cnc[nH]2)NC1=O. The topological polar surface area (TPSA) is 386 Å². The van der Waals surface area contributed by atoms with Gasteiger partial charge in [-0.1, -0.05) is 73.5 Å². The number of nitrogens with two attached hydrogens (primary N) is 3. The van der Waals surface area contributed by atoms with Gasteiger partial charge in [-0.15, -0.1) is 5.10 Å². The Morgan fingerprint density at radius 1 is 0.787 bits per heavy atom. The first-order valence-electron chi connectivity index (χ1n) is 25.0. The van der Waals surface area contributed by atoms with Gasteiger partial charge in [-0.05, 0) is 55.7 Å². The maximum Gasteiger partial charge on any atom is 0.243 e. The van der Waals surface area contributed by atoms with E-state index in [4.69, 9.17) is 17.2 Å². The number of hydrogen-bond acceptors (Lipinski definition) is 12. The second-order valence-corrected chi connectivity index (χ2v) is 18.4. The molecule has 7 atom stereocenters. The zero-order valence-corrected chi connectivity index (χ0v) is 42.0. The van der Waals surface area contributed by atoms with Gasteiger partial charge in [-0.25, -0.2) is 4.98 Å². The minimum absolute atomic E-state index is 0.0141. The van der Waals surface area contributed by atoms with Gasteiger partial charge in [0.1, 0.15) is 42.3 Å². The number of aliphatic imine (C=N–C) groups is 1. The van der Waals surface area contributed by atoms with Gasteiger partial charge < -0.3 is 64.4 Å². The Bertz CT molecular complexity index is 2770. The highest BCUT2D eigenvalue weighted by molar-refractivity contribution is 5.98. The highest BCUT2D eigenvalue weighted by atomic mass is 16.2. The molecule has 5 aromatic rings. The van der Waals surface area contributed by atoms with Crippen LogP contribution in [-0.4, -0.2) is 132 Å². The monoisotopic (exact) mass is 1030 g/mol. The van der Waals surface area contributed by atoms with Crippen molar-refractivity contribution in [2.75, 3.05) is 6.54 Å². The number of nitrogens with one attached hydrogen (secondary N) is 9. The van der Waals surface area contributed by atoms with Crippen LogP contribution in [0, 0.1) is 0 Å². The molecule has 0 saturated carbocycles. The minimum atomic E-state index is -1.38. The van der Waals surface area contributed by atoms with E-state index in [9.17, 15) is 38.4 Å². The molecule has 1 aliphatic heterocycles. The first-order valence-corrected chi connectivity index (χ1v) is 25.0. The Hall–Kier alpha value is -8.64. The molecule has 2 bridgehead atoms. The third-order valence-corrected chi connectivity index (χ3v) is 12.6. The van der Waals surface area contributed by atoms with E-state index in [0.717, 1.165) is 17.3 Å². The summed E-state index contributed by atoms with van der Waals surface area (Å²) in [5.41, 5.74) is 20.0. The maximum absolute atomic E-state index is 14.7. The van der Waals surface area contributed by atoms with Crippen LogP contribution in [0.2, 0.25) is 0 Å². The lowest BCUT2D eigenvalue weighted by Gasteiger charge is -2.28. The molecule has 6 rings (SSSR count). The van der Waals surface area contributed by atoms with Gasteiger partial charge >= 0.3 is 0 Å². The average Bonchev–Trinajstić information content (AvgIpc) is 4.17. The standard InChI is InChI=1S/C50H67N17O8/c1-3-4-14-37(58-29(2)68)44(70)61-39-19-21-67-27-32(65-66-67)17-18-36(43(51)69)59-48(74)41(23-31-25-56-35-15-9-8-13-34(31)35)63-45(71)38(16-10-20-55-50(52)53)60-47(73)40(22-30-11-6-5-7-12-30)62-49(75)42(64-46(39)72)24-33-26-54-28-57-33/h5-9,11-13,15,25-28,36-42,56H,3-4,10,14,16-24H2,1-2H3,(H2,51,69)(H,54,57)(H,58,68)(H,59,74)(H,60,73)(H,61,70)(H,62,75)(H,63,71)(H,64,72)(H4,52,53,55)/t36-,37-,38-,39-,40+,41-,42-/m0/s1. The van der Waals surface area contributed by atoms with Gasteiger partial charge in [0.05, 0.1) is 12.0 Å². The number of fused-ring (bicyclic) bond motifs is 3. The Morgan fingerprint density at radius 3 is 2.15 bits per heavy atom. The summed E-state index contributed by atoms with van der Waals surface area (Å²) in [4.78, 5) is 126. The molecule has 4 heterocycles. The van der Waals surface area contributed by atoms with Crippen molar-refractivity contribution in [1.82, 2.24) is 67.2 Å². The fourth-order valence-corrected chi connectivity index (χ4v) is 8.61. The molecule has 8 amide bonds. The summed E-state index contributed by atoms with van der Waals surface area (Å²) >= 11 is 0. The minimum Gasteiger partial charge on any atom is -0.370 e. The first kappa shape index (κ1) is 55.7. The summed E-state index contributed by atoms with van der Waals surface area (Å²) in [5, 5.41) is 28.5. The highest BCUT2D eigenvalue weighted by Crippen LogP contribution is 2.20. The fraction of sp³-hybridized carbons (Fsp3) is 0.440. The summed E-state index contributed by atoms with van der Waals surface area (Å²) < 4.78 is 1.43. The molecule has 400 valence electrons. The number of aromatic nitrogens is 6. The number of primary amides is 1. The lowest BCUT2D eigenvalue weighted by Crippen LogP contribution is -2.61. The molecule has 15 N–H and O–H groups in total. The van der Waals surface area contributed by atoms with E-state index in [2.05, 4.69) is 67.5 Å². The first-order chi connectivity index (χ1) is 36.1. The predicted molar refractivity (Wildman–Crippen MR) is 275 cm³/mol. The number of carbonyl (C=O) groups is 8. The second kappa shape index (κ2) is 27.4. The molecule has 2 aromatic carbocycles. The number of benzene rings is 2. The molecule has 25 heteroatoms. The van der Waals surface area contributed by atoms with E-state index < -0.39 is 89.6 Å². The number of amides is 8. The maximum atomic E-state index is 14.7. The third-order valence-electron chi connectivity index (χ3n) is 12.6. The Kier molecular flexibility index (Phi) is 20.4. The van der Waals surface area contributed by atoms with Crippen LogP contribution >= 0.6 is 0 Å². The van der Waals surface area contributed by atoms with E-state index in [-0.39, 0.29) is 76.8 Å². The Morgan fingerprint density at radius 2 is 1.45 bits per heavy atom. The molecule has 75 heavy (non-hydrogen) atoms. The number of rotatable bonds is 17. The molecule has 0 aliphatic carbocycles. The second-order valence-electron chi connectivity index (χ2n) is 18.4. The third kappa shape index (κ3) is 17.0. The van der Waals surface area contributed by atoms with Crippen LogP contribution in [0.3, 0.4) is 0 Å². The normalized spacial score (nSPS) is 20.8. The molecule has 0 spiro atoms. The molecule has 25 nitrogen and oxygen atoms in total. The number of aryl methyl sites for hydroxylation is 2. The smallest absolute Gasteiger partial charge is 0.243 e. The summed E-state index contributed by atoms with van der Waals surface area (Å²) in [5.74, 6) is -6.03. The van der Waals surface area contributed by atoms with E-state index in [0.29, 0.717) is 28.9 Å². The molecule has 0 unspecified atom stereocenters. The number of unbranched alkanes of at least 4 members (excludes halogenated alkanes) is 1. The Balaban J connectivity index is 1.40. The van der Waals surface area contributed by atoms with Crippen molar-refractivity contribution < 1.29 is 38.4 Å². The number of hydrogen-bond donors (Lipinski definition) is 12. The van der Waals surface area contributed by atoms with Crippen molar-refractivity contribution >= 4 is 64.1 Å². The number of para-hydroxylation sites is 1. The number of aromatic amines is 2. The van der Waals surface area contributed by atoms with Gasteiger partial charge in [0.25, 0.3) is 0 Å². The number of carbonyl (C=O) groups excluding carboxylic acids is 8. The van der Waals surface area contributed by atoms with Crippen molar-refractivity contribution in [3.05, 3.63) is 102 Å². The van der Waals surface area contributed by atoms with Crippen LogP contribution in [0.15, 0.2) is 84.5 Å². The number of imidazole rings is 1. The van der Waals surface area contributed by atoms with Crippen LogP contribution in [0.5, 0.6) is 0 Å². The molecule has 0 saturated heterocycles. The van der Waals surface area contributed by atoms with Crippen LogP contribution in [-0.2, 0) is 70.6 Å².